The molecule has 1 aromatic carbocycles. The number of ether oxygens (including phenoxy) is 1. The predicted octanol–water partition coefficient (Wildman–Crippen LogP) is 2.29. The number of rotatable bonds is 5. The standard InChI is InChI=1S/C15H18F3NO6S/c1-14(2,3)13(21)19-11(12(20)24-4)9-5-7-10(8-6-9)25-26(22,23)15(16,17)18/h5-8,11H,1-4H3,(H,19,21). The normalized spacial score (nSPS) is 13.7. The van der Waals surface area contributed by atoms with E-state index in [4.69, 9.17) is 0 Å². The van der Waals surface area contributed by atoms with Crippen LogP contribution in [0.3, 0.4) is 0 Å². The molecule has 146 valence electrons. The molecule has 26 heavy (non-hydrogen) atoms. The number of carbonyl (C=O) groups is 2. The fourth-order valence-electron chi connectivity index (χ4n) is 1.63. The Labute approximate surface area is 148 Å². The van der Waals surface area contributed by atoms with Gasteiger partial charge in [0, 0.05) is 5.41 Å². The fourth-order valence-corrected chi connectivity index (χ4v) is 2.09. The molecule has 0 saturated carbocycles. The summed E-state index contributed by atoms with van der Waals surface area (Å²) in [6, 6.07) is 2.92. The van der Waals surface area contributed by atoms with Crippen molar-refractivity contribution in [1.82, 2.24) is 5.32 Å². The summed E-state index contributed by atoms with van der Waals surface area (Å²) in [6.45, 7) is 4.86. The zero-order chi connectivity index (χ0) is 20.3. The van der Waals surface area contributed by atoms with Gasteiger partial charge in [-0.15, -0.1) is 0 Å². The number of alkyl halides is 3. The molecule has 0 radical (unpaired) electrons. The highest BCUT2D eigenvalue weighted by atomic mass is 32.2. The van der Waals surface area contributed by atoms with Gasteiger partial charge in [-0.1, -0.05) is 32.9 Å². The first-order chi connectivity index (χ1) is 11.7. The molecule has 0 saturated heterocycles. The van der Waals surface area contributed by atoms with Crippen LogP contribution in [0.15, 0.2) is 24.3 Å². The quantitative estimate of drug-likeness (QED) is 0.465. The first kappa shape index (κ1) is 21.7. The molecule has 0 aliphatic carbocycles. The summed E-state index contributed by atoms with van der Waals surface area (Å²) >= 11 is 0. The van der Waals surface area contributed by atoms with Crippen molar-refractivity contribution in [2.24, 2.45) is 5.41 Å². The number of hydrogen-bond donors (Lipinski definition) is 1. The first-order valence-corrected chi connectivity index (χ1v) is 8.59. The molecule has 1 amide bonds. The summed E-state index contributed by atoms with van der Waals surface area (Å²) < 4.78 is 67.5. The zero-order valence-electron chi connectivity index (χ0n) is 14.4. The number of benzene rings is 1. The number of nitrogens with one attached hydrogen (secondary N) is 1. The monoisotopic (exact) mass is 397 g/mol. The van der Waals surface area contributed by atoms with Crippen LogP contribution in [0, 0.1) is 5.41 Å². The van der Waals surface area contributed by atoms with Gasteiger partial charge in [0.15, 0.2) is 6.04 Å². The van der Waals surface area contributed by atoms with E-state index in [0.29, 0.717) is 0 Å². The average molecular weight is 397 g/mol. The second-order valence-electron chi connectivity index (χ2n) is 6.23. The minimum atomic E-state index is -5.80. The highest BCUT2D eigenvalue weighted by Gasteiger charge is 2.48. The van der Waals surface area contributed by atoms with Crippen molar-refractivity contribution in [3.63, 3.8) is 0 Å². The van der Waals surface area contributed by atoms with Gasteiger partial charge in [-0.25, -0.2) is 4.79 Å². The molecule has 1 aromatic rings. The van der Waals surface area contributed by atoms with Crippen LogP contribution in [-0.4, -0.2) is 32.9 Å². The van der Waals surface area contributed by atoms with Crippen LogP contribution >= 0.6 is 0 Å². The van der Waals surface area contributed by atoms with Crippen molar-refractivity contribution < 1.29 is 40.1 Å². The Balaban J connectivity index is 3.08. The Hall–Kier alpha value is -2.30. The predicted molar refractivity (Wildman–Crippen MR) is 84.4 cm³/mol. The van der Waals surface area contributed by atoms with Crippen LogP contribution in [0.25, 0.3) is 0 Å². The number of methoxy groups -OCH3 is 1. The van der Waals surface area contributed by atoms with E-state index in [1.807, 2.05) is 0 Å². The molecule has 1 N–H and O–H groups in total. The third kappa shape index (κ3) is 5.35. The van der Waals surface area contributed by atoms with E-state index in [-0.39, 0.29) is 5.56 Å². The second kappa shape index (κ2) is 7.52. The van der Waals surface area contributed by atoms with E-state index >= 15 is 0 Å². The molecule has 7 nitrogen and oxygen atoms in total. The SMILES string of the molecule is COC(=O)C(NC(=O)C(C)(C)C)c1ccc(OS(=O)(=O)C(F)(F)F)cc1. The average Bonchev–Trinajstić information content (AvgIpc) is 2.50. The molecule has 1 rings (SSSR count). The van der Waals surface area contributed by atoms with Gasteiger partial charge in [-0.3, -0.25) is 4.79 Å². The Bertz CT molecular complexity index is 766. The van der Waals surface area contributed by atoms with Crippen LogP contribution in [0.5, 0.6) is 5.75 Å². The molecule has 1 unspecified atom stereocenters. The highest BCUT2D eigenvalue weighted by molar-refractivity contribution is 7.88. The Morgan fingerprint density at radius 2 is 1.58 bits per heavy atom. The third-order valence-corrected chi connectivity index (χ3v) is 4.08. The van der Waals surface area contributed by atoms with Crippen molar-refractivity contribution >= 4 is 22.0 Å². The number of amides is 1. The number of esters is 1. The van der Waals surface area contributed by atoms with Crippen molar-refractivity contribution in [3.05, 3.63) is 29.8 Å². The minimum absolute atomic E-state index is 0.172. The lowest BCUT2D eigenvalue weighted by molar-refractivity contribution is -0.146. The Kier molecular flexibility index (Phi) is 6.29. The zero-order valence-corrected chi connectivity index (χ0v) is 15.2. The molecule has 0 spiro atoms. The minimum Gasteiger partial charge on any atom is -0.467 e. The van der Waals surface area contributed by atoms with E-state index in [1.165, 1.54) is 0 Å². The number of hydrogen-bond acceptors (Lipinski definition) is 6. The maximum Gasteiger partial charge on any atom is 0.534 e. The molecule has 0 fully saturated rings. The molecular weight excluding hydrogens is 379 g/mol. The van der Waals surface area contributed by atoms with Crippen LogP contribution in [0.4, 0.5) is 13.2 Å². The number of carbonyl (C=O) groups excluding carboxylic acids is 2. The summed E-state index contributed by atoms with van der Waals surface area (Å²) in [5, 5.41) is 2.46. The molecule has 0 aromatic heterocycles. The van der Waals surface area contributed by atoms with Gasteiger partial charge in [0.05, 0.1) is 7.11 Å². The first-order valence-electron chi connectivity index (χ1n) is 7.18. The molecule has 0 aliphatic heterocycles. The van der Waals surface area contributed by atoms with Crippen LogP contribution in [0.1, 0.15) is 32.4 Å². The summed E-state index contributed by atoms with van der Waals surface area (Å²) in [5.41, 5.74) is -6.21. The van der Waals surface area contributed by atoms with Crippen molar-refractivity contribution in [2.75, 3.05) is 7.11 Å². The molecule has 0 bridgehead atoms. The van der Waals surface area contributed by atoms with Crippen LogP contribution in [0.2, 0.25) is 0 Å². The smallest absolute Gasteiger partial charge is 0.467 e. The van der Waals surface area contributed by atoms with E-state index in [9.17, 15) is 31.2 Å². The Morgan fingerprint density at radius 3 is 1.96 bits per heavy atom. The van der Waals surface area contributed by atoms with Crippen molar-refractivity contribution in [3.8, 4) is 5.75 Å². The summed E-state index contributed by atoms with van der Waals surface area (Å²) in [7, 11) is -4.70. The molecule has 1 atom stereocenters. The molecule has 11 heteroatoms. The number of halogens is 3. The van der Waals surface area contributed by atoms with Crippen LogP contribution < -0.4 is 9.50 Å². The lowest BCUT2D eigenvalue weighted by Gasteiger charge is -2.23. The van der Waals surface area contributed by atoms with Gasteiger partial charge >= 0.3 is 21.6 Å². The Morgan fingerprint density at radius 1 is 1.08 bits per heavy atom. The third-order valence-electron chi connectivity index (χ3n) is 3.10. The summed E-state index contributed by atoms with van der Waals surface area (Å²) in [6.07, 6.45) is 0. The van der Waals surface area contributed by atoms with Gasteiger partial charge in [-0.2, -0.15) is 21.6 Å². The maximum atomic E-state index is 12.3. The second-order valence-corrected chi connectivity index (χ2v) is 7.77. The van der Waals surface area contributed by atoms with E-state index in [1.54, 1.807) is 20.8 Å². The van der Waals surface area contributed by atoms with Gasteiger partial charge in [0.2, 0.25) is 5.91 Å². The lowest BCUT2D eigenvalue weighted by Crippen LogP contribution is -2.40. The van der Waals surface area contributed by atoms with Gasteiger partial charge in [-0.05, 0) is 17.7 Å². The van der Waals surface area contributed by atoms with Gasteiger partial charge < -0.3 is 14.2 Å². The van der Waals surface area contributed by atoms with Crippen molar-refractivity contribution in [2.45, 2.75) is 32.3 Å². The summed E-state index contributed by atoms with van der Waals surface area (Å²) in [5.74, 6) is -1.87. The lowest BCUT2D eigenvalue weighted by atomic mass is 9.94. The molecule has 0 aliphatic rings. The van der Waals surface area contributed by atoms with E-state index in [2.05, 4.69) is 14.2 Å². The highest BCUT2D eigenvalue weighted by Crippen LogP contribution is 2.28. The molecular formula is C15H18F3NO6S. The van der Waals surface area contributed by atoms with E-state index < -0.39 is 44.7 Å². The van der Waals surface area contributed by atoms with Crippen LogP contribution in [-0.2, 0) is 24.4 Å². The summed E-state index contributed by atoms with van der Waals surface area (Å²) in [4.78, 5) is 24.0. The largest absolute Gasteiger partial charge is 0.534 e. The van der Waals surface area contributed by atoms with E-state index in [0.717, 1.165) is 31.4 Å². The van der Waals surface area contributed by atoms with Gasteiger partial charge in [0.1, 0.15) is 5.75 Å². The van der Waals surface area contributed by atoms with Crippen molar-refractivity contribution in [1.29, 1.82) is 0 Å². The maximum absolute atomic E-state index is 12.3. The van der Waals surface area contributed by atoms with Gasteiger partial charge in [0.25, 0.3) is 0 Å². The molecule has 0 heterocycles. The topological polar surface area (TPSA) is 98.8 Å². The fraction of sp³-hybridized carbons (Fsp3) is 0.467.